The Hall–Kier alpha value is -2.64. The van der Waals surface area contributed by atoms with Gasteiger partial charge in [0.15, 0.2) is 4.77 Å². The van der Waals surface area contributed by atoms with E-state index >= 15 is 0 Å². The van der Waals surface area contributed by atoms with E-state index in [1.54, 1.807) is 6.26 Å². The third-order valence-corrected chi connectivity index (χ3v) is 4.56. The van der Waals surface area contributed by atoms with Gasteiger partial charge >= 0.3 is 0 Å². The Labute approximate surface area is 149 Å². The van der Waals surface area contributed by atoms with Gasteiger partial charge in [-0.25, -0.2) is 0 Å². The van der Waals surface area contributed by atoms with Gasteiger partial charge < -0.3 is 9.73 Å². The Kier molecular flexibility index (Phi) is 4.03. The second-order valence-corrected chi connectivity index (χ2v) is 6.55. The molecule has 3 aromatic rings. The maximum Gasteiger partial charge on any atom is 0.258 e. The number of nitrogens with one attached hydrogen (secondary N) is 2. The molecular formula is C18H18N4O2S. The summed E-state index contributed by atoms with van der Waals surface area (Å²) in [6.45, 7) is 3.81. The van der Waals surface area contributed by atoms with Crippen molar-refractivity contribution in [2.75, 3.05) is 12.0 Å². The molecule has 1 aliphatic heterocycles. The third-order valence-electron chi connectivity index (χ3n) is 4.28. The first-order valence-electron chi connectivity index (χ1n) is 8.05. The summed E-state index contributed by atoms with van der Waals surface area (Å²) in [7, 11) is 0. The number of hydrogen-bond acceptors (Lipinski definition) is 5. The van der Waals surface area contributed by atoms with E-state index in [1.807, 2.05) is 47.9 Å². The lowest BCUT2D eigenvalue weighted by Crippen LogP contribution is -2.38. The number of H-pyrrole nitrogens is 1. The minimum Gasteiger partial charge on any atom is -0.468 e. The van der Waals surface area contributed by atoms with Crippen molar-refractivity contribution in [3.63, 3.8) is 0 Å². The summed E-state index contributed by atoms with van der Waals surface area (Å²) in [5, 5.41) is 3.35. The van der Waals surface area contributed by atoms with E-state index in [9.17, 15) is 4.79 Å². The number of fused-ring (bicyclic) bond motifs is 1. The second-order valence-electron chi connectivity index (χ2n) is 6.16. The van der Waals surface area contributed by atoms with Crippen LogP contribution in [0.3, 0.4) is 0 Å². The van der Waals surface area contributed by atoms with Crippen LogP contribution in [0.4, 0.5) is 5.82 Å². The van der Waals surface area contributed by atoms with E-state index < -0.39 is 0 Å². The molecule has 7 heteroatoms. The van der Waals surface area contributed by atoms with Crippen molar-refractivity contribution in [1.82, 2.24) is 14.5 Å². The minimum atomic E-state index is -0.152. The molecule has 0 bridgehead atoms. The minimum absolute atomic E-state index is 0.152. The Morgan fingerprint density at radius 2 is 2.16 bits per heavy atom. The molecule has 25 heavy (non-hydrogen) atoms. The SMILES string of the molecule is Cc1cccc(-n2c3c(c(=O)[nH]c2=S)CN(Cc2ccco2)CN3)c1. The highest BCUT2D eigenvalue weighted by Gasteiger charge is 2.23. The average Bonchev–Trinajstić information content (AvgIpc) is 3.08. The predicted molar refractivity (Wildman–Crippen MR) is 98.4 cm³/mol. The van der Waals surface area contributed by atoms with Crippen molar-refractivity contribution in [3.8, 4) is 5.69 Å². The number of benzene rings is 1. The molecule has 0 fully saturated rings. The number of aromatic amines is 1. The van der Waals surface area contributed by atoms with Crippen LogP contribution >= 0.6 is 12.2 Å². The Bertz CT molecular complexity index is 1020. The fourth-order valence-electron chi connectivity index (χ4n) is 3.12. The van der Waals surface area contributed by atoms with Gasteiger partial charge in [0.25, 0.3) is 5.56 Å². The molecule has 2 N–H and O–H groups in total. The smallest absolute Gasteiger partial charge is 0.258 e. The lowest BCUT2D eigenvalue weighted by atomic mass is 10.2. The summed E-state index contributed by atoms with van der Waals surface area (Å²) in [6, 6.07) is 11.8. The van der Waals surface area contributed by atoms with Gasteiger partial charge in [-0.15, -0.1) is 0 Å². The van der Waals surface area contributed by atoms with Gasteiger partial charge in [0.2, 0.25) is 0 Å². The lowest BCUT2D eigenvalue weighted by molar-refractivity contribution is 0.241. The number of nitrogens with zero attached hydrogens (tertiary/aromatic N) is 2. The van der Waals surface area contributed by atoms with Gasteiger partial charge in [-0.3, -0.25) is 19.2 Å². The van der Waals surface area contributed by atoms with Gasteiger partial charge in [0.1, 0.15) is 11.6 Å². The van der Waals surface area contributed by atoms with Crippen molar-refractivity contribution in [3.05, 3.63) is 74.7 Å². The predicted octanol–water partition coefficient (Wildman–Crippen LogP) is 3.18. The summed E-state index contributed by atoms with van der Waals surface area (Å²) in [4.78, 5) is 17.4. The number of furan rings is 1. The third kappa shape index (κ3) is 3.04. The largest absolute Gasteiger partial charge is 0.468 e. The Morgan fingerprint density at radius 1 is 1.28 bits per heavy atom. The zero-order valence-corrected chi connectivity index (χ0v) is 14.6. The van der Waals surface area contributed by atoms with Crippen molar-refractivity contribution in [2.45, 2.75) is 20.0 Å². The first kappa shape index (κ1) is 15.9. The molecule has 6 nitrogen and oxygen atoms in total. The summed E-state index contributed by atoms with van der Waals surface area (Å²) < 4.78 is 7.68. The molecule has 0 atom stereocenters. The first-order chi connectivity index (χ1) is 12.1. The molecule has 0 radical (unpaired) electrons. The molecule has 2 aromatic heterocycles. The molecule has 0 spiro atoms. The zero-order valence-electron chi connectivity index (χ0n) is 13.8. The van der Waals surface area contributed by atoms with E-state index in [0.29, 0.717) is 30.1 Å². The molecule has 0 unspecified atom stereocenters. The fraction of sp³-hybridized carbons (Fsp3) is 0.222. The van der Waals surface area contributed by atoms with Crippen LogP contribution in [0, 0.1) is 11.7 Å². The van der Waals surface area contributed by atoms with Crippen molar-refractivity contribution >= 4 is 18.0 Å². The summed E-state index contributed by atoms with van der Waals surface area (Å²) in [6.07, 6.45) is 1.66. The highest BCUT2D eigenvalue weighted by molar-refractivity contribution is 7.71. The summed E-state index contributed by atoms with van der Waals surface area (Å²) in [5.41, 5.74) is 2.59. The number of hydrogen-bond donors (Lipinski definition) is 2. The number of aromatic nitrogens is 2. The monoisotopic (exact) mass is 354 g/mol. The molecule has 0 saturated heterocycles. The van der Waals surface area contributed by atoms with Gasteiger partial charge in [0, 0.05) is 6.54 Å². The first-order valence-corrected chi connectivity index (χ1v) is 8.46. The van der Waals surface area contributed by atoms with Crippen LogP contribution in [0.1, 0.15) is 16.9 Å². The molecule has 0 amide bonds. The fourth-order valence-corrected chi connectivity index (χ4v) is 3.41. The second kappa shape index (κ2) is 6.34. The lowest BCUT2D eigenvalue weighted by Gasteiger charge is -2.30. The molecular weight excluding hydrogens is 336 g/mol. The molecule has 128 valence electrons. The molecule has 3 heterocycles. The maximum absolute atomic E-state index is 12.5. The topological polar surface area (TPSA) is 66.2 Å². The average molecular weight is 354 g/mol. The van der Waals surface area contributed by atoms with Gasteiger partial charge in [-0.1, -0.05) is 12.1 Å². The molecule has 0 saturated carbocycles. The standard InChI is InChI=1S/C18H18N4O2S/c1-12-4-2-5-13(8-12)22-16-15(17(23)20-18(22)25)10-21(11-19-16)9-14-6-3-7-24-14/h2-8,19H,9-11H2,1H3,(H,20,23,25). The highest BCUT2D eigenvalue weighted by atomic mass is 32.1. The molecule has 1 aromatic carbocycles. The summed E-state index contributed by atoms with van der Waals surface area (Å²) in [5.74, 6) is 1.63. The van der Waals surface area contributed by atoms with Crippen LogP contribution < -0.4 is 10.9 Å². The van der Waals surface area contributed by atoms with E-state index in [1.165, 1.54) is 0 Å². The van der Waals surface area contributed by atoms with Gasteiger partial charge in [-0.2, -0.15) is 0 Å². The van der Waals surface area contributed by atoms with E-state index in [2.05, 4.69) is 15.2 Å². The van der Waals surface area contributed by atoms with Crippen molar-refractivity contribution < 1.29 is 4.42 Å². The number of aryl methyl sites for hydroxylation is 1. The van der Waals surface area contributed by atoms with Crippen LogP contribution in [-0.4, -0.2) is 21.1 Å². The van der Waals surface area contributed by atoms with Gasteiger partial charge in [0.05, 0.1) is 30.7 Å². The quantitative estimate of drug-likeness (QED) is 0.707. The zero-order chi connectivity index (χ0) is 17.4. The molecule has 1 aliphatic rings. The van der Waals surface area contributed by atoms with Crippen molar-refractivity contribution in [2.24, 2.45) is 0 Å². The highest BCUT2D eigenvalue weighted by Crippen LogP contribution is 2.24. The van der Waals surface area contributed by atoms with Crippen LogP contribution in [0.25, 0.3) is 5.69 Å². The van der Waals surface area contributed by atoms with E-state index in [0.717, 1.165) is 22.8 Å². The number of anilines is 1. The molecule has 4 rings (SSSR count). The Morgan fingerprint density at radius 3 is 2.92 bits per heavy atom. The van der Waals surface area contributed by atoms with Crippen LogP contribution in [0.15, 0.2) is 51.9 Å². The maximum atomic E-state index is 12.5. The van der Waals surface area contributed by atoms with E-state index in [-0.39, 0.29) is 5.56 Å². The van der Waals surface area contributed by atoms with Crippen molar-refractivity contribution in [1.29, 1.82) is 0 Å². The van der Waals surface area contributed by atoms with Gasteiger partial charge in [-0.05, 0) is 49.0 Å². The Balaban J connectivity index is 1.75. The summed E-state index contributed by atoms with van der Waals surface area (Å²) >= 11 is 5.41. The van der Waals surface area contributed by atoms with Crippen LogP contribution in [-0.2, 0) is 13.1 Å². The molecule has 0 aliphatic carbocycles. The van der Waals surface area contributed by atoms with Crippen LogP contribution in [0.5, 0.6) is 0 Å². The van der Waals surface area contributed by atoms with Crippen LogP contribution in [0.2, 0.25) is 0 Å². The number of rotatable bonds is 3. The van der Waals surface area contributed by atoms with E-state index in [4.69, 9.17) is 16.6 Å². The normalized spacial score (nSPS) is 14.1.